The second-order valence-electron chi connectivity index (χ2n) is 4.36. The summed E-state index contributed by atoms with van der Waals surface area (Å²) in [6.45, 7) is 1.32. The highest BCUT2D eigenvalue weighted by molar-refractivity contribution is 5.43. The van der Waals surface area contributed by atoms with Gasteiger partial charge in [0.2, 0.25) is 0 Å². The van der Waals surface area contributed by atoms with Crippen molar-refractivity contribution in [1.29, 1.82) is 5.26 Å². The fraction of sp³-hybridized carbons (Fsp3) is 0.462. The van der Waals surface area contributed by atoms with E-state index in [0.29, 0.717) is 13.2 Å². The number of nitriles is 1. The van der Waals surface area contributed by atoms with Crippen LogP contribution in [0.5, 0.6) is 5.75 Å². The Morgan fingerprint density at radius 1 is 1.42 bits per heavy atom. The average molecular weight is 271 g/mol. The number of hydrogen-bond acceptors (Lipinski definition) is 3. The van der Waals surface area contributed by atoms with Gasteiger partial charge in [-0.05, 0) is 24.6 Å². The highest BCUT2D eigenvalue weighted by atomic mass is 19.4. The van der Waals surface area contributed by atoms with E-state index in [1.165, 1.54) is 12.1 Å². The number of hydrogen-bond donors (Lipinski definition) is 0. The average Bonchev–Trinajstić information content (AvgIpc) is 2.88. The van der Waals surface area contributed by atoms with Crippen LogP contribution >= 0.6 is 0 Å². The number of ether oxygens (including phenoxy) is 2. The van der Waals surface area contributed by atoms with Gasteiger partial charge in [-0.3, -0.25) is 0 Å². The van der Waals surface area contributed by atoms with Crippen LogP contribution in [0.25, 0.3) is 0 Å². The third-order valence-corrected chi connectivity index (χ3v) is 2.91. The molecule has 0 amide bonds. The molecule has 0 saturated carbocycles. The van der Waals surface area contributed by atoms with Crippen LogP contribution in [0.15, 0.2) is 18.2 Å². The van der Waals surface area contributed by atoms with Gasteiger partial charge >= 0.3 is 6.18 Å². The molecule has 1 fully saturated rings. The molecule has 0 bridgehead atoms. The summed E-state index contributed by atoms with van der Waals surface area (Å²) < 4.78 is 48.9. The summed E-state index contributed by atoms with van der Waals surface area (Å²) in [4.78, 5) is 0. The molecule has 1 unspecified atom stereocenters. The van der Waals surface area contributed by atoms with Gasteiger partial charge in [0.25, 0.3) is 0 Å². The molecule has 0 radical (unpaired) electrons. The summed E-state index contributed by atoms with van der Waals surface area (Å²) in [6.07, 6.45) is -3.74. The highest BCUT2D eigenvalue weighted by Crippen LogP contribution is 2.37. The van der Waals surface area contributed by atoms with Crippen LogP contribution in [-0.4, -0.2) is 19.8 Å². The molecule has 6 heteroatoms. The zero-order valence-corrected chi connectivity index (χ0v) is 10.0. The largest absolute Gasteiger partial charge is 0.493 e. The number of rotatable bonds is 3. The van der Waals surface area contributed by atoms with E-state index in [-0.39, 0.29) is 23.8 Å². The predicted octanol–water partition coefficient (Wildman–Crippen LogP) is 2.99. The quantitative estimate of drug-likeness (QED) is 0.848. The normalized spacial score (nSPS) is 19.2. The second kappa shape index (κ2) is 5.49. The molecule has 0 aromatic heterocycles. The summed E-state index contributed by atoms with van der Waals surface area (Å²) in [5.74, 6) is -0.116. The fourth-order valence-electron chi connectivity index (χ4n) is 1.87. The van der Waals surface area contributed by atoms with Crippen molar-refractivity contribution in [2.45, 2.75) is 12.6 Å². The highest BCUT2D eigenvalue weighted by Gasteiger charge is 2.35. The van der Waals surface area contributed by atoms with Gasteiger partial charge in [0.1, 0.15) is 5.75 Å². The van der Waals surface area contributed by atoms with Crippen LogP contribution in [0.1, 0.15) is 17.5 Å². The van der Waals surface area contributed by atoms with Crippen molar-refractivity contribution >= 4 is 0 Å². The smallest absolute Gasteiger partial charge is 0.420 e. The summed E-state index contributed by atoms with van der Waals surface area (Å²) in [5.41, 5.74) is -0.950. The summed E-state index contributed by atoms with van der Waals surface area (Å²) in [7, 11) is 0. The Morgan fingerprint density at radius 2 is 2.21 bits per heavy atom. The maximum atomic E-state index is 12.9. The second-order valence-corrected chi connectivity index (χ2v) is 4.36. The standard InChI is InChI=1S/C13H12F3NO2/c14-13(15,16)11-5-9(6-17)1-2-12(11)19-8-10-3-4-18-7-10/h1-2,5,10H,3-4,7-8H2. The fourth-order valence-corrected chi connectivity index (χ4v) is 1.87. The van der Waals surface area contributed by atoms with Crippen LogP contribution in [0.2, 0.25) is 0 Å². The topological polar surface area (TPSA) is 42.2 Å². The van der Waals surface area contributed by atoms with Gasteiger partial charge in [-0.25, -0.2) is 0 Å². The van der Waals surface area contributed by atoms with Gasteiger partial charge in [0.05, 0.1) is 30.4 Å². The molecule has 1 saturated heterocycles. The lowest BCUT2D eigenvalue weighted by atomic mass is 10.1. The Bertz CT molecular complexity index is 488. The van der Waals surface area contributed by atoms with E-state index in [1.807, 2.05) is 0 Å². The maximum Gasteiger partial charge on any atom is 0.420 e. The summed E-state index contributed by atoms with van der Waals surface area (Å²) in [5, 5.41) is 8.65. The van der Waals surface area contributed by atoms with E-state index in [1.54, 1.807) is 6.07 Å². The minimum Gasteiger partial charge on any atom is -0.493 e. The van der Waals surface area contributed by atoms with Crippen LogP contribution in [-0.2, 0) is 10.9 Å². The van der Waals surface area contributed by atoms with E-state index < -0.39 is 11.7 Å². The third kappa shape index (κ3) is 3.38. The molecular formula is C13H12F3NO2. The minimum absolute atomic E-state index is 0.0381. The minimum atomic E-state index is -4.53. The number of nitrogens with zero attached hydrogens (tertiary/aromatic N) is 1. The number of alkyl halides is 3. The Morgan fingerprint density at radius 3 is 2.79 bits per heavy atom. The number of benzene rings is 1. The van der Waals surface area contributed by atoms with E-state index >= 15 is 0 Å². The van der Waals surface area contributed by atoms with Gasteiger partial charge in [-0.2, -0.15) is 18.4 Å². The molecule has 2 rings (SSSR count). The van der Waals surface area contributed by atoms with Crippen LogP contribution in [0.4, 0.5) is 13.2 Å². The lowest BCUT2D eigenvalue weighted by Crippen LogP contribution is -2.15. The van der Waals surface area contributed by atoms with Crippen molar-refractivity contribution in [2.24, 2.45) is 5.92 Å². The first-order valence-corrected chi connectivity index (χ1v) is 5.82. The van der Waals surface area contributed by atoms with Gasteiger partial charge in [0, 0.05) is 12.5 Å². The van der Waals surface area contributed by atoms with Gasteiger partial charge in [-0.15, -0.1) is 0 Å². The predicted molar refractivity (Wildman–Crippen MR) is 60.6 cm³/mol. The lowest BCUT2D eigenvalue weighted by Gasteiger charge is -2.16. The maximum absolute atomic E-state index is 12.9. The van der Waals surface area contributed by atoms with Gasteiger partial charge in [0.15, 0.2) is 0 Å². The molecule has 1 heterocycles. The van der Waals surface area contributed by atoms with Crippen molar-refractivity contribution in [3.05, 3.63) is 29.3 Å². The zero-order valence-electron chi connectivity index (χ0n) is 10.0. The van der Waals surface area contributed by atoms with Gasteiger partial charge < -0.3 is 9.47 Å². The molecule has 102 valence electrons. The first-order chi connectivity index (χ1) is 9.00. The SMILES string of the molecule is N#Cc1ccc(OCC2CCOC2)c(C(F)(F)F)c1. The molecule has 0 spiro atoms. The molecule has 19 heavy (non-hydrogen) atoms. The summed E-state index contributed by atoms with van der Waals surface area (Å²) >= 11 is 0. The zero-order chi connectivity index (χ0) is 13.9. The van der Waals surface area contributed by atoms with Crippen molar-refractivity contribution in [1.82, 2.24) is 0 Å². The van der Waals surface area contributed by atoms with Crippen LogP contribution < -0.4 is 4.74 Å². The Kier molecular flexibility index (Phi) is 3.96. The monoisotopic (exact) mass is 271 g/mol. The molecule has 0 aliphatic carbocycles. The molecule has 1 aromatic rings. The molecule has 3 nitrogen and oxygen atoms in total. The first-order valence-electron chi connectivity index (χ1n) is 5.82. The van der Waals surface area contributed by atoms with Crippen molar-refractivity contribution < 1.29 is 22.6 Å². The van der Waals surface area contributed by atoms with Crippen molar-refractivity contribution in [3.8, 4) is 11.8 Å². The van der Waals surface area contributed by atoms with Crippen molar-refractivity contribution in [3.63, 3.8) is 0 Å². The first kappa shape index (κ1) is 13.7. The van der Waals surface area contributed by atoms with E-state index in [9.17, 15) is 13.2 Å². The molecule has 0 N–H and O–H groups in total. The molecule has 1 aliphatic rings. The van der Waals surface area contributed by atoms with E-state index in [2.05, 4.69) is 0 Å². The van der Waals surface area contributed by atoms with Crippen molar-refractivity contribution in [2.75, 3.05) is 19.8 Å². The molecule has 1 atom stereocenters. The Labute approximate surface area is 108 Å². The van der Waals surface area contributed by atoms with Gasteiger partial charge in [-0.1, -0.05) is 0 Å². The Balaban J connectivity index is 2.16. The molecule has 1 aliphatic heterocycles. The molecular weight excluding hydrogens is 259 g/mol. The van der Waals surface area contributed by atoms with E-state index in [4.69, 9.17) is 14.7 Å². The lowest BCUT2D eigenvalue weighted by molar-refractivity contribution is -0.139. The number of halogens is 3. The summed E-state index contributed by atoms with van der Waals surface area (Å²) in [6, 6.07) is 5.00. The van der Waals surface area contributed by atoms with E-state index in [0.717, 1.165) is 12.5 Å². The molecule has 1 aromatic carbocycles. The van der Waals surface area contributed by atoms with Crippen LogP contribution in [0.3, 0.4) is 0 Å². The van der Waals surface area contributed by atoms with Crippen LogP contribution in [0, 0.1) is 17.2 Å². The Hall–Kier alpha value is -1.74. The third-order valence-electron chi connectivity index (χ3n) is 2.91.